The number of fused-ring (bicyclic) bond motifs is 1. The molecule has 0 bridgehead atoms. The van der Waals surface area contributed by atoms with Crippen molar-refractivity contribution in [1.29, 1.82) is 0 Å². The van der Waals surface area contributed by atoms with Crippen molar-refractivity contribution in [3.8, 4) is 22.6 Å². The van der Waals surface area contributed by atoms with E-state index in [4.69, 9.17) is 9.97 Å². The Kier molecular flexibility index (Phi) is 6.61. The predicted molar refractivity (Wildman–Crippen MR) is 134 cm³/mol. The third-order valence-electron chi connectivity index (χ3n) is 6.10. The molecule has 1 aliphatic rings. The molecule has 9 heteroatoms. The number of nitrogens with one attached hydrogen (secondary N) is 1. The van der Waals surface area contributed by atoms with E-state index in [1.54, 1.807) is 17.5 Å². The number of piperidine rings is 1. The number of hydrogen-bond acceptors (Lipinski definition) is 7. The van der Waals surface area contributed by atoms with Crippen LogP contribution in [0.1, 0.15) is 19.3 Å². The van der Waals surface area contributed by atoms with E-state index in [1.807, 2.05) is 24.3 Å². The lowest BCUT2D eigenvalue weighted by atomic mass is 9.93. The van der Waals surface area contributed by atoms with Crippen LogP contribution in [0.15, 0.2) is 60.1 Å². The molecule has 4 heterocycles. The number of hydrogen-bond donors (Lipinski definition) is 2. The van der Waals surface area contributed by atoms with E-state index in [0.717, 1.165) is 65.2 Å². The molecule has 1 aromatic carbocycles. The Morgan fingerprint density at radius 1 is 1.03 bits per heavy atom. The minimum absolute atomic E-state index is 0.507. The van der Waals surface area contributed by atoms with Crippen molar-refractivity contribution < 1.29 is 8.42 Å². The van der Waals surface area contributed by atoms with Crippen LogP contribution >= 0.6 is 11.3 Å². The maximum absolute atomic E-state index is 10.8. The van der Waals surface area contributed by atoms with Crippen LogP contribution in [-0.2, 0) is 10.9 Å². The quantitative estimate of drug-likeness (QED) is 0.387. The predicted octanol–water partition coefficient (Wildman–Crippen LogP) is 4.14. The molecule has 1 fully saturated rings. The second-order valence-electron chi connectivity index (χ2n) is 8.17. The molecular formula is C24H25N5O2S2. The first-order valence-electron chi connectivity index (χ1n) is 11.1. The maximum atomic E-state index is 10.8. The number of nitrogens with zero attached hydrogens (tertiary/aromatic N) is 4. The van der Waals surface area contributed by atoms with E-state index in [2.05, 4.69) is 44.3 Å². The molecule has 4 aromatic rings. The first kappa shape index (κ1) is 21.9. The highest BCUT2D eigenvalue weighted by Gasteiger charge is 2.25. The molecule has 3 aromatic heterocycles. The SMILES string of the molecule is O=[SH](=O)NCCC1CCN(c2nc(-c3ccccn3)nc3scc(-c4ccccc4)c23)CC1. The van der Waals surface area contributed by atoms with Gasteiger partial charge in [-0.25, -0.2) is 23.1 Å². The summed E-state index contributed by atoms with van der Waals surface area (Å²) in [6, 6.07) is 16.2. The lowest BCUT2D eigenvalue weighted by Crippen LogP contribution is -2.35. The summed E-state index contributed by atoms with van der Waals surface area (Å²) in [5.41, 5.74) is 3.08. The molecule has 0 saturated carbocycles. The molecule has 0 unspecified atom stereocenters. The summed E-state index contributed by atoms with van der Waals surface area (Å²) in [5.74, 6) is 2.11. The van der Waals surface area contributed by atoms with Gasteiger partial charge in [-0.2, -0.15) is 0 Å². The Labute approximate surface area is 198 Å². The summed E-state index contributed by atoms with van der Waals surface area (Å²) in [7, 11) is -2.52. The topological polar surface area (TPSA) is 88.1 Å². The van der Waals surface area contributed by atoms with Gasteiger partial charge in [-0.05, 0) is 42.9 Å². The second-order valence-corrected chi connectivity index (χ2v) is 9.85. The number of benzene rings is 1. The highest BCUT2D eigenvalue weighted by molar-refractivity contribution is 7.70. The number of rotatable bonds is 7. The normalized spacial score (nSPS) is 14.9. The summed E-state index contributed by atoms with van der Waals surface area (Å²) in [4.78, 5) is 17.7. The monoisotopic (exact) mass is 479 g/mol. The van der Waals surface area contributed by atoms with Crippen molar-refractivity contribution in [2.75, 3.05) is 24.5 Å². The van der Waals surface area contributed by atoms with Crippen LogP contribution in [0.5, 0.6) is 0 Å². The average molecular weight is 480 g/mol. The Balaban J connectivity index is 1.50. The summed E-state index contributed by atoms with van der Waals surface area (Å²) >= 11 is 1.64. The van der Waals surface area contributed by atoms with E-state index in [0.29, 0.717) is 18.3 Å². The first-order valence-corrected chi connectivity index (χ1v) is 13.1. The van der Waals surface area contributed by atoms with E-state index < -0.39 is 10.9 Å². The van der Waals surface area contributed by atoms with E-state index in [9.17, 15) is 8.42 Å². The van der Waals surface area contributed by atoms with E-state index >= 15 is 0 Å². The molecule has 0 aliphatic carbocycles. The summed E-state index contributed by atoms with van der Waals surface area (Å²) in [6.45, 7) is 2.27. The third kappa shape index (κ3) is 4.90. The average Bonchev–Trinajstić information content (AvgIpc) is 3.29. The molecule has 7 nitrogen and oxygen atoms in total. The molecule has 1 aliphatic heterocycles. The lowest BCUT2D eigenvalue weighted by Gasteiger charge is -2.33. The summed E-state index contributed by atoms with van der Waals surface area (Å²) in [6.07, 6.45) is 4.64. The van der Waals surface area contributed by atoms with Gasteiger partial charge in [0.2, 0.25) is 10.9 Å². The van der Waals surface area contributed by atoms with Crippen LogP contribution in [0.25, 0.3) is 32.9 Å². The van der Waals surface area contributed by atoms with Crippen molar-refractivity contribution in [1.82, 2.24) is 19.7 Å². The molecule has 0 atom stereocenters. The minimum Gasteiger partial charge on any atom is -0.356 e. The molecule has 1 N–H and O–H groups in total. The van der Waals surface area contributed by atoms with Gasteiger partial charge in [-0.15, -0.1) is 11.3 Å². The van der Waals surface area contributed by atoms with Gasteiger partial charge in [-0.1, -0.05) is 36.4 Å². The van der Waals surface area contributed by atoms with Crippen molar-refractivity contribution in [2.24, 2.45) is 5.92 Å². The smallest absolute Gasteiger partial charge is 0.201 e. The van der Waals surface area contributed by atoms with Crippen molar-refractivity contribution in [3.05, 3.63) is 60.1 Å². The number of thiophene rings is 1. The Bertz CT molecular complexity index is 1290. The second kappa shape index (κ2) is 9.94. The van der Waals surface area contributed by atoms with Gasteiger partial charge in [-0.3, -0.25) is 4.98 Å². The largest absolute Gasteiger partial charge is 0.356 e. The Hall–Kier alpha value is -2.88. The van der Waals surface area contributed by atoms with Crippen LogP contribution in [-0.4, -0.2) is 43.0 Å². The zero-order chi connectivity index (χ0) is 22.6. The highest BCUT2D eigenvalue weighted by Crippen LogP contribution is 2.40. The molecule has 1 saturated heterocycles. The molecule has 5 rings (SSSR count). The number of aromatic nitrogens is 3. The van der Waals surface area contributed by atoms with Crippen LogP contribution in [0.3, 0.4) is 0 Å². The van der Waals surface area contributed by atoms with Crippen molar-refractivity contribution in [2.45, 2.75) is 19.3 Å². The molecule has 33 heavy (non-hydrogen) atoms. The number of anilines is 1. The van der Waals surface area contributed by atoms with Gasteiger partial charge in [0, 0.05) is 36.8 Å². The van der Waals surface area contributed by atoms with E-state index in [1.165, 1.54) is 0 Å². The number of pyridine rings is 1. The fraction of sp³-hybridized carbons (Fsp3) is 0.292. The van der Waals surface area contributed by atoms with Crippen molar-refractivity contribution in [3.63, 3.8) is 0 Å². The molecular weight excluding hydrogens is 454 g/mol. The molecule has 0 spiro atoms. The van der Waals surface area contributed by atoms with Gasteiger partial charge in [0.05, 0.1) is 5.39 Å². The van der Waals surface area contributed by atoms with Crippen LogP contribution in [0.2, 0.25) is 0 Å². The molecule has 0 amide bonds. The van der Waals surface area contributed by atoms with Crippen LogP contribution < -0.4 is 9.62 Å². The van der Waals surface area contributed by atoms with Gasteiger partial charge in [0.1, 0.15) is 16.3 Å². The fourth-order valence-electron chi connectivity index (χ4n) is 4.39. The molecule has 0 radical (unpaired) electrons. The minimum atomic E-state index is -2.52. The first-order chi connectivity index (χ1) is 16.2. The fourth-order valence-corrected chi connectivity index (χ4v) is 5.64. The Morgan fingerprint density at radius 3 is 2.55 bits per heavy atom. The standard InChI is InChI=1S/C24H25N5O2S2/c30-33(31)26-13-9-17-10-14-29(15-11-17)23-21-19(18-6-2-1-3-7-18)16-32-24(21)28-22(27-23)20-8-4-5-12-25-20/h1-8,12,16-17,33H,9-11,13-15H2,(H,26,30,31). The van der Waals surface area contributed by atoms with Crippen molar-refractivity contribution >= 4 is 38.3 Å². The number of thiol groups is 1. The highest BCUT2D eigenvalue weighted by atomic mass is 32.2. The summed E-state index contributed by atoms with van der Waals surface area (Å²) < 4.78 is 24.1. The summed E-state index contributed by atoms with van der Waals surface area (Å²) in [5, 5.41) is 3.26. The lowest BCUT2D eigenvalue weighted by molar-refractivity contribution is 0.381. The zero-order valence-corrected chi connectivity index (χ0v) is 19.8. The molecule has 170 valence electrons. The van der Waals surface area contributed by atoms with Gasteiger partial charge >= 0.3 is 0 Å². The Morgan fingerprint density at radius 2 is 1.82 bits per heavy atom. The van der Waals surface area contributed by atoms with E-state index in [-0.39, 0.29) is 0 Å². The maximum Gasteiger partial charge on any atom is 0.201 e. The van der Waals surface area contributed by atoms with Gasteiger partial charge < -0.3 is 4.90 Å². The van der Waals surface area contributed by atoms with Crippen LogP contribution in [0, 0.1) is 5.92 Å². The van der Waals surface area contributed by atoms with Gasteiger partial charge in [0.25, 0.3) is 0 Å². The zero-order valence-electron chi connectivity index (χ0n) is 18.1. The van der Waals surface area contributed by atoms with Gasteiger partial charge in [0.15, 0.2) is 5.82 Å². The third-order valence-corrected chi connectivity index (χ3v) is 7.45. The van der Waals surface area contributed by atoms with Crippen LogP contribution in [0.4, 0.5) is 5.82 Å².